The Bertz CT molecular complexity index is 468. The summed E-state index contributed by atoms with van der Waals surface area (Å²) < 4.78 is 37.6. The highest BCUT2D eigenvalue weighted by atomic mass is 19.4. The molecule has 0 radical (unpaired) electrons. The maximum absolute atomic E-state index is 12.0. The van der Waals surface area contributed by atoms with Crippen molar-refractivity contribution in [1.29, 1.82) is 0 Å². The Morgan fingerprint density at radius 3 is 2.81 bits per heavy atom. The molecule has 0 aliphatic carbocycles. The quantitative estimate of drug-likeness (QED) is 0.804. The Morgan fingerprint density at radius 1 is 1.43 bits per heavy atom. The number of carbonyl (C=O) groups excluding carboxylic acids is 1. The van der Waals surface area contributed by atoms with Crippen molar-refractivity contribution in [3.8, 4) is 0 Å². The van der Waals surface area contributed by atoms with Gasteiger partial charge in [0, 0.05) is 13.0 Å². The lowest BCUT2D eigenvalue weighted by atomic mass is 10.1. The standard InChI is InChI=1S/C12H18F3N5O/c13-12(14,15)4-1-5-17-11(21)10-8-20(19-18-10)9-2-6-16-7-3-9/h8-9,16H,1-7H2,(H,17,21). The van der Waals surface area contributed by atoms with Gasteiger partial charge in [0.15, 0.2) is 5.69 Å². The van der Waals surface area contributed by atoms with Crippen LogP contribution in [0, 0.1) is 0 Å². The molecule has 2 heterocycles. The summed E-state index contributed by atoms with van der Waals surface area (Å²) in [5.74, 6) is -0.489. The van der Waals surface area contributed by atoms with E-state index in [9.17, 15) is 18.0 Å². The van der Waals surface area contributed by atoms with Gasteiger partial charge >= 0.3 is 6.18 Å². The SMILES string of the molecule is O=C(NCCCC(F)(F)F)c1cn(C2CCNCC2)nn1. The topological polar surface area (TPSA) is 71.8 Å². The summed E-state index contributed by atoms with van der Waals surface area (Å²) in [6.07, 6.45) is -1.86. The van der Waals surface area contributed by atoms with Crippen LogP contribution in [-0.2, 0) is 0 Å². The number of amides is 1. The first-order valence-electron chi connectivity index (χ1n) is 6.93. The van der Waals surface area contributed by atoms with E-state index in [1.165, 1.54) is 0 Å². The summed E-state index contributed by atoms with van der Waals surface area (Å²) >= 11 is 0. The molecule has 118 valence electrons. The molecular formula is C12H18F3N5O. The van der Waals surface area contributed by atoms with E-state index in [2.05, 4.69) is 20.9 Å². The number of aromatic nitrogens is 3. The molecule has 1 aromatic rings. The molecule has 0 bridgehead atoms. The predicted octanol–water partition coefficient (Wildman–Crippen LogP) is 1.27. The van der Waals surface area contributed by atoms with Crippen LogP contribution in [0.15, 0.2) is 6.20 Å². The second kappa shape index (κ2) is 6.88. The van der Waals surface area contributed by atoms with Crippen LogP contribution in [0.2, 0.25) is 0 Å². The molecular weight excluding hydrogens is 287 g/mol. The Kier molecular flexibility index (Phi) is 5.16. The van der Waals surface area contributed by atoms with Crippen molar-refractivity contribution in [2.75, 3.05) is 19.6 Å². The van der Waals surface area contributed by atoms with Gasteiger partial charge in [-0.05, 0) is 32.4 Å². The molecule has 2 N–H and O–H groups in total. The molecule has 1 amide bonds. The number of nitrogens with zero attached hydrogens (tertiary/aromatic N) is 3. The average molecular weight is 305 g/mol. The third-order valence-electron chi connectivity index (χ3n) is 3.35. The second-order valence-corrected chi connectivity index (χ2v) is 5.04. The first kappa shape index (κ1) is 15.7. The summed E-state index contributed by atoms with van der Waals surface area (Å²) in [6, 6.07) is 0.213. The number of hydrogen-bond donors (Lipinski definition) is 2. The molecule has 2 rings (SSSR count). The van der Waals surface area contributed by atoms with E-state index in [-0.39, 0.29) is 24.7 Å². The van der Waals surface area contributed by atoms with Gasteiger partial charge in [0.25, 0.3) is 5.91 Å². The van der Waals surface area contributed by atoms with Crippen LogP contribution in [0.1, 0.15) is 42.2 Å². The zero-order valence-corrected chi connectivity index (χ0v) is 11.5. The highest BCUT2D eigenvalue weighted by molar-refractivity contribution is 5.91. The number of carbonyl (C=O) groups is 1. The zero-order chi connectivity index (χ0) is 15.3. The third kappa shape index (κ3) is 5.00. The monoisotopic (exact) mass is 305 g/mol. The number of halogens is 3. The largest absolute Gasteiger partial charge is 0.389 e. The van der Waals surface area contributed by atoms with E-state index >= 15 is 0 Å². The van der Waals surface area contributed by atoms with Crippen molar-refractivity contribution in [2.24, 2.45) is 0 Å². The van der Waals surface area contributed by atoms with Crippen LogP contribution in [0.25, 0.3) is 0 Å². The fraction of sp³-hybridized carbons (Fsp3) is 0.750. The Morgan fingerprint density at radius 2 is 2.14 bits per heavy atom. The number of nitrogens with one attached hydrogen (secondary N) is 2. The van der Waals surface area contributed by atoms with Crippen molar-refractivity contribution in [3.05, 3.63) is 11.9 Å². The van der Waals surface area contributed by atoms with Gasteiger partial charge in [-0.2, -0.15) is 13.2 Å². The van der Waals surface area contributed by atoms with Crippen molar-refractivity contribution in [1.82, 2.24) is 25.6 Å². The highest BCUT2D eigenvalue weighted by Crippen LogP contribution is 2.20. The minimum absolute atomic E-state index is 0.0292. The summed E-state index contributed by atoms with van der Waals surface area (Å²) in [6.45, 7) is 1.76. The first-order chi connectivity index (χ1) is 9.96. The lowest BCUT2D eigenvalue weighted by Gasteiger charge is -2.22. The van der Waals surface area contributed by atoms with E-state index < -0.39 is 18.5 Å². The summed E-state index contributed by atoms with van der Waals surface area (Å²) in [4.78, 5) is 11.7. The van der Waals surface area contributed by atoms with Crippen LogP contribution in [-0.4, -0.2) is 46.7 Å². The lowest BCUT2D eigenvalue weighted by Crippen LogP contribution is -2.29. The summed E-state index contributed by atoms with van der Waals surface area (Å²) in [5, 5.41) is 13.4. The smallest absolute Gasteiger partial charge is 0.351 e. The summed E-state index contributed by atoms with van der Waals surface area (Å²) in [5.41, 5.74) is 0.139. The molecule has 1 aromatic heterocycles. The molecule has 6 nitrogen and oxygen atoms in total. The molecule has 0 aromatic carbocycles. The van der Waals surface area contributed by atoms with Crippen molar-refractivity contribution in [2.45, 2.75) is 37.9 Å². The maximum atomic E-state index is 12.0. The van der Waals surface area contributed by atoms with Gasteiger partial charge in [-0.1, -0.05) is 5.21 Å². The molecule has 0 saturated carbocycles. The highest BCUT2D eigenvalue weighted by Gasteiger charge is 2.26. The first-order valence-corrected chi connectivity index (χ1v) is 6.93. The fourth-order valence-electron chi connectivity index (χ4n) is 2.21. The normalized spacial score (nSPS) is 16.9. The number of hydrogen-bond acceptors (Lipinski definition) is 4. The van der Waals surface area contributed by atoms with E-state index in [0.717, 1.165) is 25.9 Å². The number of rotatable bonds is 5. The van der Waals surface area contributed by atoms with Crippen LogP contribution in [0.4, 0.5) is 13.2 Å². The van der Waals surface area contributed by atoms with Crippen molar-refractivity contribution in [3.63, 3.8) is 0 Å². The van der Waals surface area contributed by atoms with Crippen molar-refractivity contribution >= 4 is 5.91 Å². The predicted molar refractivity (Wildman–Crippen MR) is 68.8 cm³/mol. The van der Waals surface area contributed by atoms with Gasteiger partial charge in [-0.25, -0.2) is 4.68 Å². The summed E-state index contributed by atoms with van der Waals surface area (Å²) in [7, 11) is 0. The van der Waals surface area contributed by atoms with Crippen LogP contribution < -0.4 is 10.6 Å². The number of alkyl halides is 3. The number of piperidine rings is 1. The van der Waals surface area contributed by atoms with Crippen LogP contribution in [0.3, 0.4) is 0 Å². The zero-order valence-electron chi connectivity index (χ0n) is 11.5. The van der Waals surface area contributed by atoms with Gasteiger partial charge < -0.3 is 10.6 Å². The van der Waals surface area contributed by atoms with Gasteiger partial charge in [0.2, 0.25) is 0 Å². The Hall–Kier alpha value is -1.64. The minimum atomic E-state index is -4.19. The molecule has 1 fully saturated rings. The second-order valence-electron chi connectivity index (χ2n) is 5.04. The molecule has 1 aliphatic heterocycles. The fourth-order valence-corrected chi connectivity index (χ4v) is 2.21. The van der Waals surface area contributed by atoms with E-state index in [4.69, 9.17) is 0 Å². The van der Waals surface area contributed by atoms with E-state index in [1.807, 2.05) is 0 Å². The molecule has 0 unspecified atom stereocenters. The van der Waals surface area contributed by atoms with Crippen molar-refractivity contribution < 1.29 is 18.0 Å². The maximum Gasteiger partial charge on any atom is 0.389 e. The van der Waals surface area contributed by atoms with E-state index in [1.54, 1.807) is 10.9 Å². The van der Waals surface area contributed by atoms with Gasteiger partial charge in [0.1, 0.15) is 0 Å². The molecule has 21 heavy (non-hydrogen) atoms. The van der Waals surface area contributed by atoms with Crippen LogP contribution in [0.5, 0.6) is 0 Å². The molecule has 0 atom stereocenters. The van der Waals surface area contributed by atoms with Gasteiger partial charge in [-0.15, -0.1) is 5.10 Å². The molecule has 1 aliphatic rings. The Labute approximate surface area is 120 Å². The molecule has 9 heteroatoms. The Balaban J connectivity index is 1.79. The van der Waals surface area contributed by atoms with E-state index in [0.29, 0.717) is 0 Å². The molecule has 0 spiro atoms. The van der Waals surface area contributed by atoms with Crippen LogP contribution >= 0.6 is 0 Å². The van der Waals surface area contributed by atoms with Gasteiger partial charge in [0.05, 0.1) is 12.2 Å². The lowest BCUT2D eigenvalue weighted by molar-refractivity contribution is -0.135. The average Bonchev–Trinajstić information content (AvgIpc) is 2.93. The third-order valence-corrected chi connectivity index (χ3v) is 3.35. The van der Waals surface area contributed by atoms with Gasteiger partial charge in [-0.3, -0.25) is 4.79 Å². The minimum Gasteiger partial charge on any atom is -0.351 e. The molecule has 1 saturated heterocycles.